The van der Waals surface area contributed by atoms with Crippen molar-refractivity contribution >= 4 is 40.5 Å². The van der Waals surface area contributed by atoms with Crippen molar-refractivity contribution < 1.29 is 14.7 Å². The number of carboxylic acid groups (broad SMARTS) is 1. The molecule has 2 aromatic heterocycles. The van der Waals surface area contributed by atoms with E-state index >= 15 is 0 Å². The Hall–Kier alpha value is -1.79. The lowest BCUT2D eigenvalue weighted by molar-refractivity contribution is 0.0703. The Morgan fingerprint density at radius 1 is 1.47 bits per heavy atom. The monoisotopic (exact) mass is 298 g/mol. The molecular formula is C12H11ClN2O3S. The maximum atomic E-state index is 12.1. The van der Waals surface area contributed by atoms with Gasteiger partial charge in [-0.1, -0.05) is 11.6 Å². The van der Waals surface area contributed by atoms with E-state index in [1.54, 1.807) is 30.1 Å². The first-order valence-corrected chi connectivity index (χ1v) is 6.60. The Morgan fingerprint density at radius 3 is 2.68 bits per heavy atom. The second-order valence-electron chi connectivity index (χ2n) is 4.04. The highest BCUT2D eigenvalue weighted by molar-refractivity contribution is 7.12. The van der Waals surface area contributed by atoms with Gasteiger partial charge in [0.1, 0.15) is 10.6 Å². The number of halogens is 1. The van der Waals surface area contributed by atoms with Crippen LogP contribution >= 0.6 is 22.9 Å². The number of aromatic nitrogens is 1. The van der Waals surface area contributed by atoms with Gasteiger partial charge in [-0.05, 0) is 23.9 Å². The van der Waals surface area contributed by atoms with Crippen molar-refractivity contribution in [2.45, 2.75) is 6.92 Å². The summed E-state index contributed by atoms with van der Waals surface area (Å²) < 4.78 is 1.58. The molecule has 2 rings (SSSR count). The van der Waals surface area contributed by atoms with E-state index in [0.717, 1.165) is 16.9 Å². The predicted octanol–water partition coefficient (Wildman–Crippen LogP) is 3.00. The lowest BCUT2D eigenvalue weighted by atomic mass is 10.2. The number of carbonyl (C=O) groups excluding carboxylic acids is 1. The molecule has 0 saturated carbocycles. The van der Waals surface area contributed by atoms with Crippen LogP contribution in [-0.2, 0) is 7.05 Å². The molecule has 0 fully saturated rings. The summed E-state index contributed by atoms with van der Waals surface area (Å²) >= 11 is 6.90. The summed E-state index contributed by atoms with van der Waals surface area (Å²) in [7, 11) is 1.69. The minimum absolute atomic E-state index is 0.117. The number of carbonyl (C=O) groups is 2. The molecule has 0 bridgehead atoms. The fourth-order valence-corrected chi connectivity index (χ4v) is 2.78. The van der Waals surface area contributed by atoms with Crippen LogP contribution in [0.1, 0.15) is 25.7 Å². The number of thiophene rings is 1. The van der Waals surface area contributed by atoms with Gasteiger partial charge in [0.2, 0.25) is 0 Å². The molecule has 0 saturated heterocycles. The van der Waals surface area contributed by atoms with Crippen LogP contribution in [0.15, 0.2) is 17.6 Å². The molecule has 0 aliphatic rings. The highest BCUT2D eigenvalue weighted by atomic mass is 35.5. The van der Waals surface area contributed by atoms with E-state index in [9.17, 15) is 9.59 Å². The van der Waals surface area contributed by atoms with E-state index in [0.29, 0.717) is 16.4 Å². The molecule has 0 aliphatic carbocycles. The summed E-state index contributed by atoms with van der Waals surface area (Å²) in [6.07, 6.45) is 1.61. The van der Waals surface area contributed by atoms with Gasteiger partial charge < -0.3 is 15.0 Å². The highest BCUT2D eigenvalue weighted by Crippen LogP contribution is 2.28. The summed E-state index contributed by atoms with van der Waals surface area (Å²) in [6.45, 7) is 1.75. The van der Waals surface area contributed by atoms with Crippen molar-refractivity contribution in [3.05, 3.63) is 38.8 Å². The Kier molecular flexibility index (Phi) is 3.64. The van der Waals surface area contributed by atoms with Crippen LogP contribution in [0.4, 0.5) is 5.69 Å². The van der Waals surface area contributed by atoms with Gasteiger partial charge in [0.25, 0.3) is 5.91 Å². The maximum Gasteiger partial charge on any atom is 0.348 e. The molecule has 19 heavy (non-hydrogen) atoms. The second kappa shape index (κ2) is 5.07. The molecule has 2 heterocycles. The maximum absolute atomic E-state index is 12.1. The lowest BCUT2D eigenvalue weighted by Gasteiger charge is -2.07. The second-order valence-corrected chi connectivity index (χ2v) is 5.35. The van der Waals surface area contributed by atoms with Gasteiger partial charge in [-0.25, -0.2) is 4.79 Å². The summed E-state index contributed by atoms with van der Waals surface area (Å²) in [6, 6.07) is 1.53. The van der Waals surface area contributed by atoms with Gasteiger partial charge >= 0.3 is 5.97 Å². The fourth-order valence-electron chi connectivity index (χ4n) is 1.68. The Labute approximate surface area is 118 Å². The number of nitrogens with one attached hydrogen (secondary N) is 1. The molecule has 0 aromatic carbocycles. The third kappa shape index (κ3) is 2.64. The molecular weight excluding hydrogens is 288 g/mol. The molecule has 2 N–H and O–H groups in total. The first-order chi connectivity index (χ1) is 8.90. The van der Waals surface area contributed by atoms with Crippen LogP contribution in [0.3, 0.4) is 0 Å². The SMILES string of the molecule is Cc1csc(C(=O)O)c1NC(=O)c1cc(Cl)cn1C. The number of carboxylic acids is 1. The number of anilines is 1. The third-order valence-corrected chi connectivity index (χ3v) is 3.90. The number of nitrogens with zero attached hydrogens (tertiary/aromatic N) is 1. The van der Waals surface area contributed by atoms with Crippen LogP contribution in [0.5, 0.6) is 0 Å². The zero-order valence-electron chi connectivity index (χ0n) is 10.2. The standard InChI is InChI=1S/C12H11ClN2O3S/c1-6-5-19-10(12(17)18)9(6)14-11(16)8-3-7(13)4-15(8)2/h3-5H,1-2H3,(H,14,16)(H,17,18). The smallest absolute Gasteiger partial charge is 0.348 e. The summed E-state index contributed by atoms with van der Waals surface area (Å²) in [4.78, 5) is 23.3. The Balaban J connectivity index is 2.31. The average Bonchev–Trinajstić information content (AvgIpc) is 2.83. The first-order valence-electron chi connectivity index (χ1n) is 5.34. The van der Waals surface area contributed by atoms with Gasteiger partial charge in [-0.2, -0.15) is 0 Å². The third-order valence-electron chi connectivity index (χ3n) is 2.61. The van der Waals surface area contributed by atoms with E-state index in [-0.39, 0.29) is 4.88 Å². The molecule has 100 valence electrons. The summed E-state index contributed by atoms with van der Waals surface area (Å²) in [5, 5.41) is 13.8. The summed E-state index contributed by atoms with van der Waals surface area (Å²) in [5.74, 6) is -1.45. The number of amides is 1. The highest BCUT2D eigenvalue weighted by Gasteiger charge is 2.19. The minimum atomic E-state index is -1.06. The molecule has 0 unspecified atom stereocenters. The predicted molar refractivity (Wildman–Crippen MR) is 74.4 cm³/mol. The van der Waals surface area contributed by atoms with Crippen molar-refractivity contribution in [3.63, 3.8) is 0 Å². The van der Waals surface area contributed by atoms with Crippen LogP contribution in [0.25, 0.3) is 0 Å². The molecule has 5 nitrogen and oxygen atoms in total. The van der Waals surface area contributed by atoms with Crippen molar-refractivity contribution in [3.8, 4) is 0 Å². The molecule has 0 radical (unpaired) electrons. The zero-order valence-corrected chi connectivity index (χ0v) is 11.8. The van der Waals surface area contributed by atoms with Crippen LogP contribution in [0.2, 0.25) is 5.02 Å². The number of hydrogen-bond donors (Lipinski definition) is 2. The normalized spacial score (nSPS) is 10.5. The summed E-state index contributed by atoms with van der Waals surface area (Å²) in [5.41, 5.74) is 1.42. The molecule has 2 aromatic rings. The van der Waals surface area contributed by atoms with E-state index in [1.807, 2.05) is 0 Å². The van der Waals surface area contributed by atoms with Crippen molar-refractivity contribution in [1.29, 1.82) is 0 Å². The lowest BCUT2D eigenvalue weighted by Crippen LogP contribution is -2.17. The van der Waals surface area contributed by atoms with E-state index in [1.165, 1.54) is 6.07 Å². The molecule has 0 spiro atoms. The largest absolute Gasteiger partial charge is 0.477 e. The number of aromatic carboxylic acids is 1. The Morgan fingerprint density at radius 2 is 2.16 bits per heavy atom. The molecule has 0 aliphatic heterocycles. The zero-order chi connectivity index (χ0) is 14.2. The van der Waals surface area contributed by atoms with Crippen molar-refractivity contribution in [1.82, 2.24) is 4.57 Å². The molecule has 1 amide bonds. The quantitative estimate of drug-likeness (QED) is 0.915. The van der Waals surface area contributed by atoms with E-state index < -0.39 is 11.9 Å². The topological polar surface area (TPSA) is 71.3 Å². The number of hydrogen-bond acceptors (Lipinski definition) is 3. The molecule has 7 heteroatoms. The van der Waals surface area contributed by atoms with E-state index in [4.69, 9.17) is 16.7 Å². The number of aryl methyl sites for hydroxylation is 2. The van der Waals surface area contributed by atoms with Crippen LogP contribution < -0.4 is 5.32 Å². The van der Waals surface area contributed by atoms with E-state index in [2.05, 4.69) is 5.32 Å². The van der Waals surface area contributed by atoms with Gasteiger partial charge in [0, 0.05) is 13.2 Å². The molecule has 0 atom stereocenters. The van der Waals surface area contributed by atoms with Crippen LogP contribution in [0, 0.1) is 6.92 Å². The number of rotatable bonds is 3. The van der Waals surface area contributed by atoms with Gasteiger partial charge in [0.05, 0.1) is 10.7 Å². The first kappa shape index (κ1) is 13.6. The van der Waals surface area contributed by atoms with Gasteiger partial charge in [-0.3, -0.25) is 4.79 Å². The Bertz CT molecular complexity index is 660. The average molecular weight is 299 g/mol. The van der Waals surface area contributed by atoms with Crippen LogP contribution in [-0.4, -0.2) is 21.6 Å². The van der Waals surface area contributed by atoms with Crippen molar-refractivity contribution in [2.75, 3.05) is 5.32 Å². The van der Waals surface area contributed by atoms with Gasteiger partial charge in [-0.15, -0.1) is 11.3 Å². The minimum Gasteiger partial charge on any atom is -0.477 e. The van der Waals surface area contributed by atoms with Crippen molar-refractivity contribution in [2.24, 2.45) is 7.05 Å². The fraction of sp³-hybridized carbons (Fsp3) is 0.167. The van der Waals surface area contributed by atoms with Gasteiger partial charge in [0.15, 0.2) is 0 Å².